The summed E-state index contributed by atoms with van der Waals surface area (Å²) in [5.41, 5.74) is 9.48. The van der Waals surface area contributed by atoms with Gasteiger partial charge in [0.15, 0.2) is 0 Å². The molecule has 0 heteroatoms. The summed E-state index contributed by atoms with van der Waals surface area (Å²) in [6, 6.07) is 73.2. The first-order valence-corrected chi connectivity index (χ1v) is 15.9. The van der Waals surface area contributed by atoms with Gasteiger partial charge in [0.25, 0.3) is 0 Å². The van der Waals surface area contributed by atoms with Crippen molar-refractivity contribution in [2.45, 2.75) is 10.8 Å². The van der Waals surface area contributed by atoms with Crippen LogP contribution in [0.4, 0.5) is 0 Å². The van der Waals surface area contributed by atoms with E-state index in [1.165, 1.54) is 44.5 Å². The Morgan fingerprint density at radius 3 is 0.783 bits per heavy atom. The van der Waals surface area contributed by atoms with Crippen molar-refractivity contribution in [1.82, 2.24) is 0 Å². The maximum Gasteiger partial charge on any atom is 0.0629 e. The predicted octanol–water partition coefficient (Wildman–Crippen LogP) is 11.4. The summed E-state index contributed by atoms with van der Waals surface area (Å²) in [4.78, 5) is 0. The molecule has 7 rings (SSSR count). The standard InChI is InChI=1S/C46H36/c1-2-36-28-30-37(31-29-36)38-32-34-44(35-33-38)46(42-24-14-6-15-25-42,43-26-16-7-17-27-43)45(39-18-8-3-9-19-39,40-20-10-4-11-21-40)41-22-12-5-13-23-41/h2-35H,1H2. The summed E-state index contributed by atoms with van der Waals surface area (Å²) < 4.78 is 0. The quantitative estimate of drug-likeness (QED) is 0.147. The second-order valence-corrected chi connectivity index (χ2v) is 11.7. The highest BCUT2D eigenvalue weighted by Gasteiger charge is 2.57. The molecular formula is C46H36. The third kappa shape index (κ3) is 4.80. The third-order valence-corrected chi connectivity index (χ3v) is 9.39. The van der Waals surface area contributed by atoms with Crippen LogP contribution < -0.4 is 0 Å². The number of rotatable bonds is 9. The van der Waals surface area contributed by atoms with Gasteiger partial charge in [0, 0.05) is 0 Å². The molecule has 0 atom stereocenters. The monoisotopic (exact) mass is 588 g/mol. The Labute approximate surface area is 273 Å². The molecule has 0 bridgehead atoms. The van der Waals surface area contributed by atoms with Crippen molar-refractivity contribution < 1.29 is 0 Å². The summed E-state index contributed by atoms with van der Waals surface area (Å²) in [6.45, 7) is 3.93. The minimum Gasteiger partial charge on any atom is -0.0985 e. The van der Waals surface area contributed by atoms with Crippen molar-refractivity contribution in [3.8, 4) is 11.1 Å². The Bertz CT molecular complexity index is 1860. The zero-order valence-corrected chi connectivity index (χ0v) is 25.8. The lowest BCUT2D eigenvalue weighted by molar-refractivity contribution is 0.419. The highest BCUT2D eigenvalue weighted by Crippen LogP contribution is 2.60. The predicted molar refractivity (Wildman–Crippen MR) is 194 cm³/mol. The lowest BCUT2D eigenvalue weighted by Gasteiger charge is -2.53. The fourth-order valence-corrected chi connectivity index (χ4v) is 7.46. The van der Waals surface area contributed by atoms with Crippen molar-refractivity contribution in [2.24, 2.45) is 0 Å². The van der Waals surface area contributed by atoms with E-state index in [-0.39, 0.29) is 0 Å². The van der Waals surface area contributed by atoms with Crippen LogP contribution in [0.1, 0.15) is 38.9 Å². The number of benzene rings is 7. The van der Waals surface area contributed by atoms with E-state index in [0.29, 0.717) is 0 Å². The normalized spacial score (nSPS) is 11.6. The summed E-state index contributed by atoms with van der Waals surface area (Å²) in [6.07, 6.45) is 1.89. The molecule has 0 saturated heterocycles. The van der Waals surface area contributed by atoms with Gasteiger partial charge >= 0.3 is 0 Å². The Hall–Kier alpha value is -5.72. The zero-order valence-electron chi connectivity index (χ0n) is 25.8. The van der Waals surface area contributed by atoms with Gasteiger partial charge in [-0.1, -0.05) is 213 Å². The van der Waals surface area contributed by atoms with E-state index in [1.807, 2.05) is 6.08 Å². The topological polar surface area (TPSA) is 0 Å². The summed E-state index contributed by atoms with van der Waals surface area (Å²) in [7, 11) is 0. The smallest absolute Gasteiger partial charge is 0.0629 e. The molecule has 0 saturated carbocycles. The van der Waals surface area contributed by atoms with E-state index in [2.05, 4.69) is 207 Å². The number of hydrogen-bond donors (Lipinski definition) is 0. The molecule has 7 aromatic carbocycles. The van der Waals surface area contributed by atoms with Crippen LogP contribution in [0.5, 0.6) is 0 Å². The zero-order chi connectivity index (χ0) is 31.2. The highest BCUT2D eigenvalue weighted by molar-refractivity contribution is 5.71. The van der Waals surface area contributed by atoms with E-state index in [4.69, 9.17) is 0 Å². The van der Waals surface area contributed by atoms with Crippen LogP contribution in [0.2, 0.25) is 0 Å². The van der Waals surface area contributed by atoms with Gasteiger partial charge in [-0.3, -0.25) is 0 Å². The lowest BCUT2D eigenvalue weighted by atomic mass is 9.47. The van der Waals surface area contributed by atoms with Crippen molar-refractivity contribution >= 4 is 6.08 Å². The Morgan fingerprint density at radius 2 is 0.522 bits per heavy atom. The van der Waals surface area contributed by atoms with Crippen LogP contribution in [-0.2, 0) is 10.8 Å². The average Bonchev–Trinajstić information content (AvgIpc) is 3.16. The van der Waals surface area contributed by atoms with Crippen LogP contribution in [0.15, 0.2) is 207 Å². The average molecular weight is 589 g/mol. The molecule has 0 spiro atoms. The van der Waals surface area contributed by atoms with Gasteiger partial charge in [0.2, 0.25) is 0 Å². The molecule has 0 N–H and O–H groups in total. The second-order valence-electron chi connectivity index (χ2n) is 11.7. The second kappa shape index (κ2) is 12.7. The fraction of sp³-hybridized carbons (Fsp3) is 0.0435. The molecule has 0 aliphatic rings. The van der Waals surface area contributed by atoms with E-state index in [0.717, 1.165) is 5.56 Å². The Balaban J connectivity index is 1.66. The van der Waals surface area contributed by atoms with Crippen LogP contribution in [-0.4, -0.2) is 0 Å². The van der Waals surface area contributed by atoms with Crippen LogP contribution in [0.25, 0.3) is 17.2 Å². The van der Waals surface area contributed by atoms with Crippen molar-refractivity contribution in [3.63, 3.8) is 0 Å². The van der Waals surface area contributed by atoms with Gasteiger partial charge in [-0.2, -0.15) is 0 Å². The van der Waals surface area contributed by atoms with Crippen LogP contribution >= 0.6 is 0 Å². The largest absolute Gasteiger partial charge is 0.0985 e. The molecule has 0 amide bonds. The molecule has 0 nitrogen and oxygen atoms in total. The lowest BCUT2D eigenvalue weighted by Crippen LogP contribution is -2.52. The molecule has 46 heavy (non-hydrogen) atoms. The third-order valence-electron chi connectivity index (χ3n) is 9.39. The molecule has 0 heterocycles. The van der Waals surface area contributed by atoms with Crippen molar-refractivity contribution in [2.75, 3.05) is 0 Å². The molecule has 7 aromatic rings. The first kappa shape index (κ1) is 29.0. The first-order chi connectivity index (χ1) is 22.8. The summed E-state index contributed by atoms with van der Waals surface area (Å²) in [5.74, 6) is 0. The van der Waals surface area contributed by atoms with E-state index in [1.54, 1.807) is 0 Å². The molecule has 0 aromatic heterocycles. The highest BCUT2D eigenvalue weighted by atomic mass is 14.6. The Kier molecular flexibility index (Phi) is 8.02. The molecule has 0 aliphatic carbocycles. The molecule has 0 radical (unpaired) electrons. The van der Waals surface area contributed by atoms with Gasteiger partial charge in [0.1, 0.15) is 0 Å². The van der Waals surface area contributed by atoms with E-state index >= 15 is 0 Å². The van der Waals surface area contributed by atoms with Crippen molar-refractivity contribution in [1.29, 1.82) is 0 Å². The summed E-state index contributed by atoms with van der Waals surface area (Å²) >= 11 is 0. The van der Waals surface area contributed by atoms with Crippen LogP contribution in [0, 0.1) is 0 Å². The van der Waals surface area contributed by atoms with Gasteiger partial charge < -0.3 is 0 Å². The summed E-state index contributed by atoms with van der Waals surface area (Å²) in [5, 5.41) is 0. The van der Waals surface area contributed by atoms with Gasteiger partial charge in [-0.15, -0.1) is 0 Å². The molecule has 0 unspecified atom stereocenters. The Morgan fingerprint density at radius 1 is 0.283 bits per heavy atom. The van der Waals surface area contributed by atoms with Gasteiger partial charge in [0.05, 0.1) is 10.8 Å². The fourth-order valence-electron chi connectivity index (χ4n) is 7.46. The first-order valence-electron chi connectivity index (χ1n) is 15.9. The van der Waals surface area contributed by atoms with E-state index < -0.39 is 10.8 Å². The molecule has 220 valence electrons. The minimum atomic E-state index is -0.676. The van der Waals surface area contributed by atoms with Crippen molar-refractivity contribution in [3.05, 3.63) is 246 Å². The molecular weight excluding hydrogens is 553 g/mol. The SMILES string of the molecule is C=Cc1ccc(-c2ccc(C(c3ccccc3)(c3ccccc3)C(c3ccccc3)(c3ccccc3)c3ccccc3)cc2)cc1. The minimum absolute atomic E-state index is 0.660. The molecule has 0 fully saturated rings. The van der Waals surface area contributed by atoms with Crippen LogP contribution in [0.3, 0.4) is 0 Å². The molecule has 0 aliphatic heterocycles. The van der Waals surface area contributed by atoms with Gasteiger partial charge in [-0.05, 0) is 50.1 Å². The maximum atomic E-state index is 3.93. The van der Waals surface area contributed by atoms with E-state index in [9.17, 15) is 0 Å². The maximum absolute atomic E-state index is 3.93. The van der Waals surface area contributed by atoms with Gasteiger partial charge in [-0.25, -0.2) is 0 Å². The number of hydrogen-bond acceptors (Lipinski definition) is 0.